The van der Waals surface area contributed by atoms with Gasteiger partial charge in [0.1, 0.15) is 12.4 Å². The highest BCUT2D eigenvalue weighted by Gasteiger charge is 2.33. The van der Waals surface area contributed by atoms with Crippen LogP contribution in [-0.2, 0) is 16.1 Å². The second-order valence-corrected chi connectivity index (χ2v) is 11.0. The van der Waals surface area contributed by atoms with Crippen molar-refractivity contribution in [2.24, 2.45) is 4.99 Å². The minimum Gasteiger partial charge on any atom is -0.494 e. The van der Waals surface area contributed by atoms with Gasteiger partial charge in [0.15, 0.2) is 16.3 Å². The van der Waals surface area contributed by atoms with Gasteiger partial charge in [-0.1, -0.05) is 59.3 Å². The molecule has 3 aromatic carbocycles. The van der Waals surface area contributed by atoms with E-state index in [-0.39, 0.29) is 18.8 Å². The largest absolute Gasteiger partial charge is 0.494 e. The molecule has 1 aliphatic rings. The number of fused-ring (bicyclic) bond motifs is 1. The van der Waals surface area contributed by atoms with Gasteiger partial charge in [0.05, 0.1) is 42.2 Å². The zero-order chi connectivity index (χ0) is 30.5. The average molecular weight is 619 g/mol. The number of rotatable bonds is 10. The summed E-state index contributed by atoms with van der Waals surface area (Å²) >= 11 is 7.40. The Labute approximate surface area is 258 Å². The first-order chi connectivity index (χ1) is 20.8. The Morgan fingerprint density at radius 2 is 1.81 bits per heavy atom. The lowest BCUT2D eigenvalue weighted by atomic mass is 9.96. The fourth-order valence-electron chi connectivity index (χ4n) is 4.91. The first-order valence-corrected chi connectivity index (χ1v) is 15.0. The lowest BCUT2D eigenvalue weighted by Crippen LogP contribution is -2.39. The molecule has 0 saturated carbocycles. The van der Waals surface area contributed by atoms with E-state index in [0.29, 0.717) is 55.0 Å². The van der Waals surface area contributed by atoms with E-state index in [2.05, 4.69) is 4.99 Å². The molecule has 10 heteroatoms. The molecule has 222 valence electrons. The number of benzene rings is 3. The summed E-state index contributed by atoms with van der Waals surface area (Å²) in [5, 5.41) is 0.613. The van der Waals surface area contributed by atoms with Crippen LogP contribution in [0.25, 0.3) is 6.08 Å². The Bertz CT molecular complexity index is 1860. The lowest BCUT2D eigenvalue weighted by Gasteiger charge is -2.24. The molecule has 43 heavy (non-hydrogen) atoms. The number of carbonyl (C=O) groups excluding carboxylic acids is 1. The minimum atomic E-state index is -0.725. The quantitative estimate of drug-likeness (QED) is 0.220. The number of halogens is 1. The molecular weight excluding hydrogens is 588 g/mol. The molecule has 0 fully saturated rings. The SMILES string of the molecule is CCOC(=O)C1=C(C)N=c2s/c(=C\c3cccc(OC)c3OCc3cccc(Cl)c3)c(=O)n2[C@@H]1c1ccc(OCC)cc1. The van der Waals surface area contributed by atoms with E-state index >= 15 is 0 Å². The average Bonchev–Trinajstić information content (AvgIpc) is 3.30. The summed E-state index contributed by atoms with van der Waals surface area (Å²) in [6.07, 6.45) is 1.76. The van der Waals surface area contributed by atoms with Crippen molar-refractivity contribution in [1.29, 1.82) is 0 Å². The van der Waals surface area contributed by atoms with Crippen molar-refractivity contribution in [3.05, 3.63) is 119 Å². The molecule has 0 amide bonds. The molecule has 0 radical (unpaired) electrons. The summed E-state index contributed by atoms with van der Waals surface area (Å²) in [5.74, 6) is 1.19. The van der Waals surface area contributed by atoms with Crippen molar-refractivity contribution >= 4 is 35.0 Å². The van der Waals surface area contributed by atoms with Crippen molar-refractivity contribution < 1.29 is 23.7 Å². The molecule has 1 atom stereocenters. The lowest BCUT2D eigenvalue weighted by molar-refractivity contribution is -0.139. The van der Waals surface area contributed by atoms with Crippen molar-refractivity contribution in [2.45, 2.75) is 33.4 Å². The van der Waals surface area contributed by atoms with Crippen LogP contribution in [0.15, 0.2) is 87.8 Å². The van der Waals surface area contributed by atoms with Crippen molar-refractivity contribution in [1.82, 2.24) is 4.57 Å². The van der Waals surface area contributed by atoms with E-state index < -0.39 is 12.0 Å². The Balaban J connectivity index is 1.62. The van der Waals surface area contributed by atoms with E-state index in [1.165, 1.54) is 11.3 Å². The summed E-state index contributed by atoms with van der Waals surface area (Å²) in [6.45, 7) is 6.39. The van der Waals surface area contributed by atoms with E-state index in [1.54, 1.807) is 43.7 Å². The second-order valence-electron chi connectivity index (χ2n) is 9.60. The van der Waals surface area contributed by atoms with Crippen LogP contribution in [0, 0.1) is 0 Å². The van der Waals surface area contributed by atoms with Gasteiger partial charge in [0.25, 0.3) is 5.56 Å². The van der Waals surface area contributed by atoms with Crippen LogP contribution >= 0.6 is 22.9 Å². The van der Waals surface area contributed by atoms with Gasteiger partial charge in [-0.15, -0.1) is 0 Å². The maximum Gasteiger partial charge on any atom is 0.338 e. The highest BCUT2D eigenvalue weighted by atomic mass is 35.5. The highest BCUT2D eigenvalue weighted by molar-refractivity contribution is 7.07. The topological polar surface area (TPSA) is 88.4 Å². The first kappa shape index (κ1) is 30.1. The normalized spacial score (nSPS) is 14.6. The Kier molecular flexibility index (Phi) is 9.33. The molecule has 0 aliphatic carbocycles. The minimum absolute atomic E-state index is 0.198. The van der Waals surface area contributed by atoms with Crippen LogP contribution in [0.5, 0.6) is 17.2 Å². The number of esters is 1. The number of nitrogens with zero attached hydrogens (tertiary/aromatic N) is 2. The molecule has 2 heterocycles. The number of para-hydroxylation sites is 1. The van der Waals surface area contributed by atoms with Crippen LogP contribution in [0.1, 0.15) is 43.5 Å². The van der Waals surface area contributed by atoms with Crippen molar-refractivity contribution in [2.75, 3.05) is 20.3 Å². The first-order valence-electron chi connectivity index (χ1n) is 13.8. The highest BCUT2D eigenvalue weighted by Crippen LogP contribution is 2.34. The predicted octanol–water partition coefficient (Wildman–Crippen LogP) is 5.44. The van der Waals surface area contributed by atoms with Crippen LogP contribution in [0.3, 0.4) is 0 Å². The van der Waals surface area contributed by atoms with E-state index in [1.807, 2.05) is 61.5 Å². The third kappa shape index (κ3) is 6.38. The Morgan fingerprint density at radius 3 is 2.51 bits per heavy atom. The number of hydrogen-bond acceptors (Lipinski definition) is 8. The predicted molar refractivity (Wildman–Crippen MR) is 167 cm³/mol. The number of thiazole rings is 1. The number of methoxy groups -OCH3 is 1. The van der Waals surface area contributed by atoms with Crippen LogP contribution in [-0.4, -0.2) is 30.9 Å². The van der Waals surface area contributed by atoms with Crippen LogP contribution < -0.4 is 29.1 Å². The molecule has 0 bridgehead atoms. The molecule has 1 aliphatic heterocycles. The number of ether oxygens (including phenoxy) is 4. The van der Waals surface area contributed by atoms with E-state index in [4.69, 9.17) is 30.5 Å². The van der Waals surface area contributed by atoms with Gasteiger partial charge in [-0.25, -0.2) is 9.79 Å². The summed E-state index contributed by atoms with van der Waals surface area (Å²) in [4.78, 5) is 32.4. The van der Waals surface area contributed by atoms with Crippen LogP contribution in [0.4, 0.5) is 0 Å². The van der Waals surface area contributed by atoms with Gasteiger partial charge in [0.2, 0.25) is 0 Å². The third-order valence-electron chi connectivity index (χ3n) is 6.81. The monoisotopic (exact) mass is 618 g/mol. The smallest absolute Gasteiger partial charge is 0.338 e. The summed E-state index contributed by atoms with van der Waals surface area (Å²) < 4.78 is 24.8. The molecular formula is C33H31ClN2O6S. The molecule has 1 aromatic heterocycles. The maximum atomic E-state index is 14.1. The third-order valence-corrected chi connectivity index (χ3v) is 8.03. The molecule has 5 rings (SSSR count). The van der Waals surface area contributed by atoms with Crippen molar-refractivity contribution in [3.63, 3.8) is 0 Å². The number of hydrogen-bond donors (Lipinski definition) is 0. The van der Waals surface area contributed by atoms with Gasteiger partial charge >= 0.3 is 5.97 Å². The Morgan fingerprint density at radius 1 is 1.05 bits per heavy atom. The zero-order valence-corrected chi connectivity index (χ0v) is 25.8. The summed E-state index contributed by atoms with van der Waals surface area (Å²) in [7, 11) is 1.57. The molecule has 0 N–H and O–H groups in total. The van der Waals surface area contributed by atoms with Gasteiger partial charge in [-0.3, -0.25) is 9.36 Å². The molecule has 4 aromatic rings. The molecule has 8 nitrogen and oxygen atoms in total. The van der Waals surface area contributed by atoms with Crippen LogP contribution in [0.2, 0.25) is 5.02 Å². The van der Waals surface area contributed by atoms with E-state index in [9.17, 15) is 9.59 Å². The molecule has 0 spiro atoms. The number of carbonyl (C=O) groups is 1. The second kappa shape index (κ2) is 13.3. The fourth-order valence-corrected chi connectivity index (χ4v) is 6.16. The van der Waals surface area contributed by atoms with Gasteiger partial charge < -0.3 is 18.9 Å². The maximum absolute atomic E-state index is 14.1. The summed E-state index contributed by atoms with van der Waals surface area (Å²) in [6, 6.07) is 19.5. The van der Waals surface area contributed by atoms with Gasteiger partial charge in [-0.05, 0) is 68.3 Å². The fraction of sp³-hybridized carbons (Fsp3) is 0.242. The number of allylic oxidation sites excluding steroid dienone is 1. The van der Waals surface area contributed by atoms with Gasteiger partial charge in [-0.2, -0.15) is 0 Å². The zero-order valence-electron chi connectivity index (χ0n) is 24.3. The standard InChI is InChI=1S/C33H31ClN2O6S/c1-5-40-25-15-13-22(14-16-25)29-28(32(38)41-6-2)20(3)35-33-36(29)31(37)27(43-33)18-23-10-8-12-26(39-4)30(23)42-19-21-9-7-11-24(34)17-21/h7-18,29H,5-6,19H2,1-4H3/b27-18-/t29-/m1/s1. The van der Waals surface area contributed by atoms with Crippen molar-refractivity contribution in [3.8, 4) is 17.2 Å². The van der Waals surface area contributed by atoms with E-state index in [0.717, 1.165) is 11.1 Å². The molecule has 0 unspecified atom stereocenters. The Hall–Kier alpha value is -4.34. The summed E-state index contributed by atoms with van der Waals surface area (Å²) in [5.41, 5.74) is 2.81. The molecule has 0 saturated heterocycles. The number of aromatic nitrogens is 1. The van der Waals surface area contributed by atoms with Gasteiger partial charge in [0, 0.05) is 10.6 Å².